The second kappa shape index (κ2) is 14.4. The van der Waals surface area contributed by atoms with Gasteiger partial charge in [0.15, 0.2) is 0 Å². The summed E-state index contributed by atoms with van der Waals surface area (Å²) in [7, 11) is 8.03. The summed E-state index contributed by atoms with van der Waals surface area (Å²) in [5, 5.41) is 3.02. The minimum absolute atomic E-state index is 0.0346. The van der Waals surface area contributed by atoms with Crippen LogP contribution in [0, 0.1) is 11.8 Å². The number of rotatable bonds is 9. The van der Waals surface area contributed by atoms with Crippen molar-refractivity contribution in [2.75, 3.05) is 89.7 Å². The van der Waals surface area contributed by atoms with Crippen LogP contribution in [0.3, 0.4) is 0 Å². The lowest BCUT2D eigenvalue weighted by atomic mass is 9.84. The highest BCUT2D eigenvalue weighted by Gasteiger charge is 2.40. The van der Waals surface area contributed by atoms with Gasteiger partial charge in [-0.25, -0.2) is 4.98 Å². The second-order valence-corrected chi connectivity index (χ2v) is 12.3. The van der Waals surface area contributed by atoms with Gasteiger partial charge in [0.25, 0.3) is 0 Å². The molecule has 0 unspecified atom stereocenters. The molecule has 15 heteroatoms. The van der Waals surface area contributed by atoms with Crippen LogP contribution in [0.1, 0.15) is 31.7 Å². The zero-order valence-corrected chi connectivity index (χ0v) is 27.2. The molecule has 4 rings (SSSR count). The first kappa shape index (κ1) is 34.6. The molecule has 2 aliphatic rings. The third-order valence-corrected chi connectivity index (χ3v) is 8.44. The van der Waals surface area contributed by atoms with E-state index in [-0.39, 0.29) is 67.3 Å². The molecule has 2 aliphatic heterocycles. The topological polar surface area (TPSA) is 114 Å². The van der Waals surface area contributed by atoms with E-state index in [0.29, 0.717) is 44.0 Å². The van der Waals surface area contributed by atoms with Gasteiger partial charge in [-0.05, 0) is 30.4 Å². The lowest BCUT2D eigenvalue weighted by molar-refractivity contribution is -0.138. The maximum atomic E-state index is 14.3. The fourth-order valence-corrected chi connectivity index (χ4v) is 5.90. The van der Waals surface area contributed by atoms with E-state index < -0.39 is 11.7 Å². The number of carbonyl (C=O) groups is 3. The van der Waals surface area contributed by atoms with E-state index >= 15 is 0 Å². The third-order valence-electron chi connectivity index (χ3n) is 8.44. The molecule has 2 atom stereocenters. The van der Waals surface area contributed by atoms with Gasteiger partial charge in [-0.15, -0.1) is 0 Å². The Hall–Kier alpha value is -4.30. The number of nitrogens with zero attached hydrogens (tertiary/aromatic N) is 7. The number of anilines is 4. The normalized spacial score (nSPS) is 18.7. The van der Waals surface area contributed by atoms with Crippen LogP contribution in [0.15, 0.2) is 24.4 Å². The Bertz CT molecular complexity index is 1380. The summed E-state index contributed by atoms with van der Waals surface area (Å²) in [4.78, 5) is 53.6. The smallest absolute Gasteiger partial charge is 0.421 e. The van der Waals surface area contributed by atoms with Crippen molar-refractivity contribution < 1.29 is 32.3 Å². The van der Waals surface area contributed by atoms with Gasteiger partial charge in [-0.2, -0.15) is 18.2 Å². The van der Waals surface area contributed by atoms with Crippen molar-refractivity contribution in [2.45, 2.75) is 32.4 Å². The van der Waals surface area contributed by atoms with Crippen LogP contribution in [0.5, 0.6) is 5.75 Å². The first-order valence-electron chi connectivity index (χ1n) is 15.2. The molecule has 0 spiro atoms. The number of carbonyl (C=O) groups excluding carboxylic acids is 3. The Balaban J connectivity index is 1.62. The Kier molecular flexibility index (Phi) is 10.8. The lowest BCUT2D eigenvalue weighted by Crippen LogP contribution is -2.48. The molecular formula is C31H43F3N8O4. The minimum atomic E-state index is -4.74. The second-order valence-electron chi connectivity index (χ2n) is 12.3. The van der Waals surface area contributed by atoms with Crippen molar-refractivity contribution in [1.82, 2.24) is 24.7 Å². The predicted molar refractivity (Wildman–Crippen MR) is 168 cm³/mol. The average Bonchev–Trinajstić information content (AvgIpc) is 3.00. The summed E-state index contributed by atoms with van der Waals surface area (Å²) in [6.07, 6.45) is -3.17. The van der Waals surface area contributed by atoms with Crippen LogP contribution in [0.2, 0.25) is 0 Å². The summed E-state index contributed by atoms with van der Waals surface area (Å²) in [6.45, 7) is 4.39. The van der Waals surface area contributed by atoms with E-state index in [0.717, 1.165) is 11.9 Å². The zero-order chi connectivity index (χ0) is 33.8. The van der Waals surface area contributed by atoms with Gasteiger partial charge in [0.05, 0.1) is 12.8 Å². The average molecular weight is 649 g/mol. The first-order chi connectivity index (χ1) is 21.7. The molecule has 3 amide bonds. The van der Waals surface area contributed by atoms with Gasteiger partial charge in [0.2, 0.25) is 23.7 Å². The number of piperidine rings is 1. The SMILES string of the molecule is COc1cc(N2CCN(C(C)=O)CC2)ccc1Nc1ncc(C(F)(F)F)c(N2C[C@H](CC(=O)N(C)C)C[C@H](CC(=O)N(C)C)C2)n1. The number of aromatic nitrogens is 2. The van der Waals surface area contributed by atoms with Gasteiger partial charge in [0.1, 0.15) is 17.1 Å². The summed E-state index contributed by atoms with van der Waals surface area (Å²) < 4.78 is 48.5. The molecule has 2 saturated heterocycles. The first-order valence-corrected chi connectivity index (χ1v) is 15.2. The van der Waals surface area contributed by atoms with Crippen LogP contribution in [0.4, 0.5) is 36.3 Å². The van der Waals surface area contributed by atoms with Gasteiger partial charge < -0.3 is 34.6 Å². The molecule has 0 radical (unpaired) electrons. The van der Waals surface area contributed by atoms with Crippen molar-refractivity contribution in [3.63, 3.8) is 0 Å². The van der Waals surface area contributed by atoms with Crippen molar-refractivity contribution >= 4 is 40.9 Å². The van der Waals surface area contributed by atoms with E-state index in [1.54, 1.807) is 46.1 Å². The molecule has 1 N–H and O–H groups in total. The van der Waals surface area contributed by atoms with Gasteiger partial charge >= 0.3 is 6.18 Å². The van der Waals surface area contributed by atoms with E-state index in [2.05, 4.69) is 20.2 Å². The number of alkyl halides is 3. The van der Waals surface area contributed by atoms with Crippen LogP contribution in [-0.4, -0.2) is 117 Å². The molecule has 46 heavy (non-hydrogen) atoms. The monoisotopic (exact) mass is 648 g/mol. The summed E-state index contributed by atoms with van der Waals surface area (Å²) in [5.74, 6) is -0.720. The van der Waals surface area contributed by atoms with E-state index in [4.69, 9.17) is 4.74 Å². The number of piperazine rings is 1. The zero-order valence-electron chi connectivity index (χ0n) is 27.2. The Morgan fingerprint density at radius 2 is 1.54 bits per heavy atom. The highest BCUT2D eigenvalue weighted by atomic mass is 19.4. The fraction of sp³-hybridized carbons (Fsp3) is 0.581. The Morgan fingerprint density at radius 1 is 0.957 bits per heavy atom. The summed E-state index contributed by atoms with van der Waals surface area (Å²) >= 11 is 0. The summed E-state index contributed by atoms with van der Waals surface area (Å²) in [6, 6.07) is 5.43. The molecule has 0 saturated carbocycles. The number of hydrogen-bond acceptors (Lipinski definition) is 9. The molecule has 3 heterocycles. The number of benzene rings is 1. The Labute approximate surface area is 267 Å². The maximum Gasteiger partial charge on any atom is 0.421 e. The fourth-order valence-electron chi connectivity index (χ4n) is 5.90. The molecule has 252 valence electrons. The van der Waals surface area contributed by atoms with Crippen LogP contribution in [-0.2, 0) is 20.6 Å². The number of nitrogens with one attached hydrogen (secondary N) is 1. The van der Waals surface area contributed by atoms with E-state index in [1.165, 1.54) is 21.8 Å². The van der Waals surface area contributed by atoms with Crippen LogP contribution >= 0.6 is 0 Å². The molecule has 0 aliphatic carbocycles. The molecule has 1 aromatic heterocycles. The lowest BCUT2D eigenvalue weighted by Gasteiger charge is -2.39. The molecular weight excluding hydrogens is 605 g/mol. The predicted octanol–water partition coefficient (Wildman–Crippen LogP) is 3.32. The standard InChI is InChI=1S/C31H43F3N8O4/c1-20(43)40-9-11-41(12-10-40)23-7-8-25(26(16-23)46-6)36-30-35-17-24(31(32,33)34)29(37-30)42-18-21(14-27(44)38(2)3)13-22(19-42)15-28(45)39(4)5/h7-8,16-17,21-22H,9-15,18-19H2,1-6H3,(H,35,36,37)/t21-,22+. The highest BCUT2D eigenvalue weighted by molar-refractivity contribution is 5.77. The van der Waals surface area contributed by atoms with E-state index in [9.17, 15) is 27.6 Å². The highest BCUT2D eigenvalue weighted by Crippen LogP contribution is 2.40. The molecule has 1 aromatic carbocycles. The number of methoxy groups -OCH3 is 1. The molecule has 12 nitrogen and oxygen atoms in total. The number of halogens is 3. The van der Waals surface area contributed by atoms with Crippen molar-refractivity contribution in [2.24, 2.45) is 11.8 Å². The molecule has 0 bridgehead atoms. The van der Waals surface area contributed by atoms with E-state index in [1.807, 2.05) is 12.1 Å². The quantitative estimate of drug-likeness (QED) is 0.438. The maximum absolute atomic E-state index is 14.3. The number of ether oxygens (including phenoxy) is 1. The molecule has 2 aromatic rings. The number of hydrogen-bond donors (Lipinski definition) is 1. The largest absolute Gasteiger partial charge is 0.494 e. The van der Waals surface area contributed by atoms with Gasteiger partial charge in [-0.1, -0.05) is 0 Å². The van der Waals surface area contributed by atoms with Crippen LogP contribution < -0.4 is 19.9 Å². The van der Waals surface area contributed by atoms with Crippen molar-refractivity contribution in [3.8, 4) is 5.75 Å². The van der Waals surface area contributed by atoms with Gasteiger partial charge in [0, 0.05) is 105 Å². The van der Waals surface area contributed by atoms with Gasteiger partial charge in [-0.3, -0.25) is 14.4 Å². The Morgan fingerprint density at radius 3 is 2.04 bits per heavy atom. The summed E-state index contributed by atoms with van der Waals surface area (Å²) in [5.41, 5.74) is 0.341. The molecule has 2 fully saturated rings. The van der Waals surface area contributed by atoms with Crippen molar-refractivity contribution in [1.29, 1.82) is 0 Å². The minimum Gasteiger partial charge on any atom is -0.494 e. The number of amides is 3. The third kappa shape index (κ3) is 8.49. The van der Waals surface area contributed by atoms with Crippen LogP contribution in [0.25, 0.3) is 0 Å². The van der Waals surface area contributed by atoms with Crippen molar-refractivity contribution in [3.05, 3.63) is 30.0 Å².